The Morgan fingerprint density at radius 3 is 2.59 bits per heavy atom. The highest BCUT2D eigenvalue weighted by Gasteiger charge is 2.33. The van der Waals surface area contributed by atoms with Gasteiger partial charge in [0.25, 0.3) is 5.91 Å². The van der Waals surface area contributed by atoms with E-state index in [9.17, 15) is 9.59 Å². The smallest absolute Gasteiger partial charge is 0.259 e. The van der Waals surface area contributed by atoms with E-state index in [1.165, 1.54) is 6.92 Å². The Bertz CT molecular complexity index is 792. The third-order valence-electron chi connectivity index (χ3n) is 5.02. The normalized spacial score (nSPS) is 16.6. The maximum Gasteiger partial charge on any atom is 0.259 e. The Balaban J connectivity index is 1.70. The minimum atomic E-state index is -0.0942. The van der Waals surface area contributed by atoms with Crippen LogP contribution in [0.15, 0.2) is 16.1 Å². The van der Waals surface area contributed by atoms with Crippen LogP contribution < -0.4 is 5.32 Å². The van der Waals surface area contributed by atoms with Crippen LogP contribution in [0.4, 0.5) is 0 Å². The van der Waals surface area contributed by atoms with Gasteiger partial charge in [-0.25, -0.2) is 4.98 Å². The lowest BCUT2D eigenvalue weighted by Crippen LogP contribution is -2.43. The Morgan fingerprint density at radius 2 is 2.04 bits per heavy atom. The molecule has 0 unspecified atom stereocenters. The molecule has 2 aromatic heterocycles. The molecular weight excluding hydrogens is 364 g/mol. The maximum absolute atomic E-state index is 13.0. The molecule has 1 N–H and O–H groups in total. The van der Waals surface area contributed by atoms with Crippen molar-refractivity contribution >= 4 is 23.2 Å². The zero-order valence-corrected chi connectivity index (χ0v) is 17.0. The summed E-state index contributed by atoms with van der Waals surface area (Å²) in [6, 6.07) is -0.0942. The van der Waals surface area contributed by atoms with E-state index in [0.717, 1.165) is 23.5 Å². The Kier molecular flexibility index (Phi) is 5.94. The summed E-state index contributed by atoms with van der Waals surface area (Å²) in [4.78, 5) is 30.9. The van der Waals surface area contributed by atoms with Gasteiger partial charge in [-0.3, -0.25) is 9.59 Å². The first-order valence-corrected chi connectivity index (χ1v) is 10.2. The SMILES string of the molecule is CC(=O)N[C@@H](c1nccs1)C1CCN(C(=O)c2c(C(C)C)noc2C)CC1. The van der Waals surface area contributed by atoms with Crippen LogP contribution in [-0.2, 0) is 4.79 Å². The highest BCUT2D eigenvalue weighted by atomic mass is 32.1. The van der Waals surface area contributed by atoms with Crippen molar-refractivity contribution in [2.24, 2.45) is 5.92 Å². The Labute approximate surface area is 163 Å². The van der Waals surface area contributed by atoms with Crippen molar-refractivity contribution in [3.8, 4) is 0 Å². The van der Waals surface area contributed by atoms with E-state index in [1.807, 2.05) is 24.1 Å². The van der Waals surface area contributed by atoms with Gasteiger partial charge in [-0.05, 0) is 31.6 Å². The molecule has 8 heteroatoms. The van der Waals surface area contributed by atoms with Crippen molar-refractivity contribution < 1.29 is 14.1 Å². The molecule has 1 aliphatic rings. The van der Waals surface area contributed by atoms with E-state index in [0.29, 0.717) is 24.4 Å². The molecule has 2 aromatic rings. The molecule has 3 heterocycles. The summed E-state index contributed by atoms with van der Waals surface area (Å²) < 4.78 is 5.27. The Morgan fingerprint density at radius 1 is 1.33 bits per heavy atom. The number of aryl methyl sites for hydroxylation is 1. The minimum Gasteiger partial charge on any atom is -0.361 e. The molecule has 0 spiro atoms. The van der Waals surface area contributed by atoms with E-state index in [1.54, 1.807) is 24.5 Å². The fourth-order valence-corrected chi connectivity index (χ4v) is 4.41. The predicted octanol–water partition coefficient (Wildman–Crippen LogP) is 3.29. The molecule has 1 saturated heterocycles. The van der Waals surface area contributed by atoms with Crippen molar-refractivity contribution in [1.29, 1.82) is 0 Å². The number of piperidine rings is 1. The summed E-state index contributed by atoms with van der Waals surface area (Å²) in [7, 11) is 0. The summed E-state index contributed by atoms with van der Waals surface area (Å²) in [5.74, 6) is 0.895. The lowest BCUT2D eigenvalue weighted by Gasteiger charge is -2.35. The van der Waals surface area contributed by atoms with Crippen LogP contribution in [0, 0.1) is 12.8 Å². The van der Waals surface area contributed by atoms with Gasteiger partial charge in [0, 0.05) is 31.6 Å². The standard InChI is InChI=1S/C19H26N4O3S/c1-11(2)16-15(12(3)26-22-16)19(25)23-8-5-14(6-9-23)17(21-13(4)24)18-20-7-10-27-18/h7,10-11,14,17H,5-6,8-9H2,1-4H3,(H,21,24)/t17-/m1/s1. The molecule has 27 heavy (non-hydrogen) atoms. The largest absolute Gasteiger partial charge is 0.361 e. The van der Waals surface area contributed by atoms with E-state index in [-0.39, 0.29) is 29.7 Å². The second kappa shape index (κ2) is 8.21. The molecular formula is C19H26N4O3S. The van der Waals surface area contributed by atoms with Crippen molar-refractivity contribution in [2.75, 3.05) is 13.1 Å². The number of amides is 2. The number of likely N-dealkylation sites (tertiary alicyclic amines) is 1. The average molecular weight is 391 g/mol. The molecule has 0 bridgehead atoms. The number of aromatic nitrogens is 2. The molecule has 0 aliphatic carbocycles. The lowest BCUT2D eigenvalue weighted by molar-refractivity contribution is -0.120. The minimum absolute atomic E-state index is 0.0128. The average Bonchev–Trinajstić information content (AvgIpc) is 3.29. The number of hydrogen-bond acceptors (Lipinski definition) is 6. The first-order chi connectivity index (χ1) is 12.9. The van der Waals surface area contributed by atoms with Gasteiger partial charge in [0.05, 0.1) is 11.7 Å². The number of carbonyl (C=O) groups is 2. The molecule has 1 fully saturated rings. The van der Waals surface area contributed by atoms with Crippen LogP contribution in [0.1, 0.15) is 72.4 Å². The van der Waals surface area contributed by atoms with Crippen LogP contribution in [-0.4, -0.2) is 39.9 Å². The molecule has 0 radical (unpaired) electrons. The third kappa shape index (κ3) is 4.21. The summed E-state index contributed by atoms with van der Waals surface area (Å²) in [6.07, 6.45) is 3.39. The fraction of sp³-hybridized carbons (Fsp3) is 0.579. The molecule has 3 rings (SSSR count). The third-order valence-corrected chi connectivity index (χ3v) is 5.88. The van der Waals surface area contributed by atoms with Gasteiger partial charge in [-0.15, -0.1) is 11.3 Å². The summed E-state index contributed by atoms with van der Waals surface area (Å²) in [5, 5.41) is 9.95. The quantitative estimate of drug-likeness (QED) is 0.846. The molecule has 1 aliphatic heterocycles. The lowest BCUT2D eigenvalue weighted by atomic mass is 9.89. The van der Waals surface area contributed by atoms with E-state index in [4.69, 9.17) is 4.52 Å². The molecule has 1 atom stereocenters. The molecule has 146 valence electrons. The number of nitrogens with one attached hydrogen (secondary N) is 1. The van der Waals surface area contributed by atoms with Crippen LogP contribution in [0.3, 0.4) is 0 Å². The first kappa shape index (κ1) is 19.5. The zero-order valence-electron chi connectivity index (χ0n) is 16.2. The van der Waals surface area contributed by atoms with Crippen molar-refractivity contribution in [3.05, 3.63) is 33.6 Å². The van der Waals surface area contributed by atoms with Gasteiger partial charge in [0.1, 0.15) is 16.3 Å². The maximum atomic E-state index is 13.0. The second-order valence-electron chi connectivity index (χ2n) is 7.33. The zero-order chi connectivity index (χ0) is 19.6. The van der Waals surface area contributed by atoms with E-state index < -0.39 is 0 Å². The second-order valence-corrected chi connectivity index (χ2v) is 8.26. The van der Waals surface area contributed by atoms with Crippen LogP contribution in [0.25, 0.3) is 0 Å². The fourth-order valence-electron chi connectivity index (χ4n) is 3.63. The van der Waals surface area contributed by atoms with Gasteiger partial charge in [0.15, 0.2) is 0 Å². The number of rotatable bonds is 5. The summed E-state index contributed by atoms with van der Waals surface area (Å²) >= 11 is 1.55. The van der Waals surface area contributed by atoms with Gasteiger partial charge >= 0.3 is 0 Å². The summed E-state index contributed by atoms with van der Waals surface area (Å²) in [6.45, 7) is 8.62. The van der Waals surface area contributed by atoms with Gasteiger partial charge in [-0.1, -0.05) is 19.0 Å². The number of carbonyl (C=O) groups excluding carboxylic acids is 2. The predicted molar refractivity (Wildman–Crippen MR) is 103 cm³/mol. The first-order valence-electron chi connectivity index (χ1n) is 9.30. The van der Waals surface area contributed by atoms with E-state index in [2.05, 4.69) is 15.5 Å². The molecule has 7 nitrogen and oxygen atoms in total. The van der Waals surface area contributed by atoms with Crippen molar-refractivity contribution in [3.63, 3.8) is 0 Å². The van der Waals surface area contributed by atoms with Crippen LogP contribution in [0.2, 0.25) is 0 Å². The Hall–Kier alpha value is -2.22. The van der Waals surface area contributed by atoms with Gasteiger partial charge in [0.2, 0.25) is 5.91 Å². The summed E-state index contributed by atoms with van der Waals surface area (Å²) in [5.41, 5.74) is 1.32. The van der Waals surface area contributed by atoms with Crippen LogP contribution in [0.5, 0.6) is 0 Å². The van der Waals surface area contributed by atoms with Gasteiger partial charge < -0.3 is 14.7 Å². The molecule has 2 amide bonds. The molecule has 0 saturated carbocycles. The molecule has 0 aromatic carbocycles. The van der Waals surface area contributed by atoms with Gasteiger partial charge in [-0.2, -0.15) is 0 Å². The topological polar surface area (TPSA) is 88.3 Å². The van der Waals surface area contributed by atoms with Crippen LogP contribution >= 0.6 is 11.3 Å². The monoisotopic (exact) mass is 390 g/mol. The number of thiazole rings is 1. The van der Waals surface area contributed by atoms with Crippen molar-refractivity contribution in [1.82, 2.24) is 20.4 Å². The number of nitrogens with zero attached hydrogens (tertiary/aromatic N) is 3. The highest BCUT2D eigenvalue weighted by Crippen LogP contribution is 2.33. The van der Waals surface area contributed by atoms with E-state index >= 15 is 0 Å². The van der Waals surface area contributed by atoms with Crippen molar-refractivity contribution in [2.45, 2.75) is 52.5 Å². The number of hydrogen-bond donors (Lipinski definition) is 1. The highest BCUT2D eigenvalue weighted by molar-refractivity contribution is 7.09.